The van der Waals surface area contributed by atoms with E-state index < -0.39 is 0 Å². The minimum absolute atomic E-state index is 0.0343. The lowest BCUT2D eigenvalue weighted by Crippen LogP contribution is -2.15. The average molecular weight is 354 g/mol. The monoisotopic (exact) mass is 352 g/mol. The fourth-order valence-electron chi connectivity index (χ4n) is 2.31. The normalized spacial score (nSPS) is 14.9. The summed E-state index contributed by atoms with van der Waals surface area (Å²) in [4.78, 5) is 0.0343. The second-order valence-electron chi connectivity index (χ2n) is 4.74. The van der Waals surface area contributed by atoms with Gasteiger partial charge in [0.25, 0.3) is 0 Å². The zero-order valence-corrected chi connectivity index (χ0v) is 13.4. The molecular formula is C16H14BrClO2. The van der Waals surface area contributed by atoms with Crippen molar-refractivity contribution in [1.29, 1.82) is 0 Å². The molecule has 1 unspecified atom stereocenters. The van der Waals surface area contributed by atoms with Crippen molar-refractivity contribution < 1.29 is 9.47 Å². The smallest absolute Gasteiger partial charge is 0.162 e. The first-order valence-corrected chi connectivity index (χ1v) is 7.75. The van der Waals surface area contributed by atoms with Gasteiger partial charge in [-0.3, -0.25) is 0 Å². The molecule has 3 rings (SSSR count). The Bertz CT molecular complexity index is 642. The van der Waals surface area contributed by atoms with E-state index in [1.165, 1.54) is 11.1 Å². The molecule has 2 aromatic rings. The van der Waals surface area contributed by atoms with Crippen molar-refractivity contribution in [2.24, 2.45) is 0 Å². The molecule has 0 N–H and O–H groups in total. The van der Waals surface area contributed by atoms with Gasteiger partial charge in [-0.15, -0.1) is 0 Å². The maximum atomic E-state index is 6.39. The lowest BCUT2D eigenvalue weighted by Gasteiger charge is -2.22. The molecule has 0 radical (unpaired) electrons. The highest BCUT2D eigenvalue weighted by Crippen LogP contribution is 2.42. The van der Waals surface area contributed by atoms with Gasteiger partial charge in [-0.1, -0.05) is 51.8 Å². The molecule has 1 aliphatic heterocycles. The Hall–Kier alpha value is -1.19. The number of ether oxygens (including phenoxy) is 2. The Morgan fingerprint density at radius 2 is 1.70 bits per heavy atom. The van der Waals surface area contributed by atoms with Crippen LogP contribution in [-0.2, 0) is 0 Å². The van der Waals surface area contributed by atoms with E-state index in [4.69, 9.17) is 21.1 Å². The highest BCUT2D eigenvalue weighted by molar-refractivity contribution is 9.09. The number of benzene rings is 2. The molecule has 0 amide bonds. The average Bonchev–Trinajstić information content (AvgIpc) is 2.46. The summed E-state index contributed by atoms with van der Waals surface area (Å²) >= 11 is 10.1. The number of hydrogen-bond acceptors (Lipinski definition) is 2. The van der Waals surface area contributed by atoms with Crippen molar-refractivity contribution in [3.8, 4) is 11.5 Å². The Kier molecular flexibility index (Phi) is 3.90. The highest BCUT2D eigenvalue weighted by atomic mass is 79.9. The van der Waals surface area contributed by atoms with E-state index in [2.05, 4.69) is 35.0 Å². The molecule has 1 heterocycles. The highest BCUT2D eigenvalue weighted by Gasteiger charge is 2.21. The van der Waals surface area contributed by atoms with Crippen molar-refractivity contribution >= 4 is 27.5 Å². The van der Waals surface area contributed by atoms with E-state index in [9.17, 15) is 0 Å². The lowest BCUT2D eigenvalue weighted by atomic mass is 10.00. The molecule has 0 saturated carbocycles. The van der Waals surface area contributed by atoms with Crippen LogP contribution in [0.1, 0.15) is 21.5 Å². The van der Waals surface area contributed by atoms with Gasteiger partial charge in [0, 0.05) is 11.1 Å². The van der Waals surface area contributed by atoms with E-state index in [-0.39, 0.29) is 4.83 Å². The van der Waals surface area contributed by atoms with Crippen LogP contribution >= 0.6 is 27.5 Å². The SMILES string of the molecule is Cc1ccccc1C(Br)c1cc2c(cc1Cl)OCCO2. The quantitative estimate of drug-likeness (QED) is 0.715. The van der Waals surface area contributed by atoms with Crippen LogP contribution in [-0.4, -0.2) is 13.2 Å². The minimum Gasteiger partial charge on any atom is -0.486 e. The lowest BCUT2D eigenvalue weighted by molar-refractivity contribution is 0.171. The summed E-state index contributed by atoms with van der Waals surface area (Å²) in [6.45, 7) is 3.24. The summed E-state index contributed by atoms with van der Waals surface area (Å²) in [6, 6.07) is 12.0. The van der Waals surface area contributed by atoms with Gasteiger partial charge in [0.2, 0.25) is 0 Å². The maximum absolute atomic E-state index is 6.39. The molecule has 4 heteroatoms. The predicted molar refractivity (Wildman–Crippen MR) is 84.4 cm³/mol. The van der Waals surface area contributed by atoms with Gasteiger partial charge in [-0.2, -0.15) is 0 Å². The molecule has 2 nitrogen and oxygen atoms in total. The number of aryl methyl sites for hydroxylation is 1. The Morgan fingerprint density at radius 3 is 2.40 bits per heavy atom. The van der Waals surface area contributed by atoms with Crippen molar-refractivity contribution in [3.05, 3.63) is 58.1 Å². The summed E-state index contributed by atoms with van der Waals surface area (Å²) in [5.41, 5.74) is 3.41. The van der Waals surface area contributed by atoms with E-state index >= 15 is 0 Å². The summed E-state index contributed by atoms with van der Waals surface area (Å²) in [5, 5.41) is 0.680. The molecule has 0 aromatic heterocycles. The van der Waals surface area contributed by atoms with Crippen LogP contribution in [0.25, 0.3) is 0 Å². The predicted octanol–water partition coefficient (Wildman–Crippen LogP) is 4.90. The number of hydrogen-bond donors (Lipinski definition) is 0. The molecule has 2 aromatic carbocycles. The molecule has 104 valence electrons. The summed E-state index contributed by atoms with van der Waals surface area (Å²) in [6.07, 6.45) is 0. The molecule has 0 saturated heterocycles. The van der Waals surface area contributed by atoms with Gasteiger partial charge in [0.15, 0.2) is 11.5 Å². The molecule has 1 atom stereocenters. The number of fused-ring (bicyclic) bond motifs is 1. The molecule has 0 aliphatic carbocycles. The van der Waals surface area contributed by atoms with Crippen LogP contribution in [0.2, 0.25) is 5.02 Å². The molecule has 20 heavy (non-hydrogen) atoms. The minimum atomic E-state index is 0.0343. The zero-order chi connectivity index (χ0) is 14.1. The Labute approximate surface area is 131 Å². The largest absolute Gasteiger partial charge is 0.486 e. The third kappa shape index (κ3) is 2.52. The second-order valence-corrected chi connectivity index (χ2v) is 6.06. The van der Waals surface area contributed by atoms with Gasteiger partial charge in [-0.05, 0) is 29.7 Å². The van der Waals surface area contributed by atoms with Crippen molar-refractivity contribution in [3.63, 3.8) is 0 Å². The Balaban J connectivity index is 2.03. The maximum Gasteiger partial charge on any atom is 0.162 e. The fourth-order valence-corrected chi connectivity index (χ4v) is 3.60. The van der Waals surface area contributed by atoms with Gasteiger partial charge < -0.3 is 9.47 Å². The van der Waals surface area contributed by atoms with Crippen LogP contribution in [0, 0.1) is 6.92 Å². The Morgan fingerprint density at radius 1 is 1.05 bits per heavy atom. The van der Waals surface area contributed by atoms with Crippen molar-refractivity contribution in [2.75, 3.05) is 13.2 Å². The number of alkyl halides is 1. The third-order valence-corrected chi connectivity index (χ3v) is 4.71. The molecule has 0 bridgehead atoms. The van der Waals surface area contributed by atoms with Crippen molar-refractivity contribution in [2.45, 2.75) is 11.8 Å². The molecular weight excluding hydrogens is 340 g/mol. The molecule has 1 aliphatic rings. The standard InChI is InChI=1S/C16H14BrClO2/c1-10-4-2-3-5-11(10)16(17)12-8-14-15(9-13(12)18)20-7-6-19-14/h2-5,8-9,16H,6-7H2,1H3. The molecule has 0 fully saturated rings. The summed E-state index contributed by atoms with van der Waals surface area (Å²) in [5.74, 6) is 1.48. The van der Waals surface area contributed by atoms with E-state index in [1.54, 1.807) is 0 Å². The third-order valence-electron chi connectivity index (χ3n) is 3.40. The first-order chi connectivity index (χ1) is 9.66. The van der Waals surface area contributed by atoms with Gasteiger partial charge >= 0.3 is 0 Å². The summed E-state index contributed by atoms with van der Waals surface area (Å²) in [7, 11) is 0. The van der Waals surface area contributed by atoms with E-state index in [0.717, 1.165) is 17.1 Å². The zero-order valence-electron chi connectivity index (χ0n) is 11.0. The second kappa shape index (κ2) is 5.66. The van der Waals surface area contributed by atoms with Crippen molar-refractivity contribution in [1.82, 2.24) is 0 Å². The van der Waals surface area contributed by atoms with Crippen LogP contribution in [0.3, 0.4) is 0 Å². The number of halogens is 2. The van der Waals surface area contributed by atoms with Gasteiger partial charge in [0.05, 0.1) is 4.83 Å². The first-order valence-electron chi connectivity index (χ1n) is 6.45. The molecule has 0 spiro atoms. The van der Waals surface area contributed by atoms with Crippen LogP contribution in [0.4, 0.5) is 0 Å². The van der Waals surface area contributed by atoms with E-state index in [0.29, 0.717) is 18.2 Å². The summed E-state index contributed by atoms with van der Waals surface area (Å²) < 4.78 is 11.2. The fraction of sp³-hybridized carbons (Fsp3) is 0.250. The van der Waals surface area contributed by atoms with Crippen LogP contribution in [0.15, 0.2) is 36.4 Å². The van der Waals surface area contributed by atoms with Gasteiger partial charge in [-0.25, -0.2) is 0 Å². The number of rotatable bonds is 2. The first kappa shape index (κ1) is 13.8. The van der Waals surface area contributed by atoms with Crippen LogP contribution < -0.4 is 9.47 Å². The topological polar surface area (TPSA) is 18.5 Å². The van der Waals surface area contributed by atoms with E-state index in [1.807, 2.05) is 24.3 Å². The van der Waals surface area contributed by atoms with Crippen LogP contribution in [0.5, 0.6) is 11.5 Å². The van der Waals surface area contributed by atoms with Gasteiger partial charge in [0.1, 0.15) is 13.2 Å².